The van der Waals surface area contributed by atoms with Crippen molar-refractivity contribution in [1.82, 2.24) is 14.8 Å². The summed E-state index contributed by atoms with van der Waals surface area (Å²) in [5, 5.41) is 0. The van der Waals surface area contributed by atoms with Gasteiger partial charge in [0.05, 0.1) is 18.8 Å². The summed E-state index contributed by atoms with van der Waals surface area (Å²) in [5.74, 6) is 1.13. The summed E-state index contributed by atoms with van der Waals surface area (Å²) in [4.78, 5) is 24.1. The molecular weight excluding hydrogens is 316 g/mol. The molecule has 1 amide bonds. The van der Waals surface area contributed by atoms with Crippen molar-refractivity contribution in [3.8, 4) is 0 Å². The molecule has 3 saturated heterocycles. The Morgan fingerprint density at radius 2 is 1.72 bits per heavy atom. The summed E-state index contributed by atoms with van der Waals surface area (Å²) < 4.78 is 5.44. The molecule has 0 radical (unpaired) electrons. The summed E-state index contributed by atoms with van der Waals surface area (Å²) in [6.07, 6.45) is 6.35. The predicted molar refractivity (Wildman–Crippen MR) is 97.0 cm³/mol. The largest absolute Gasteiger partial charge is 0.379 e. The lowest BCUT2D eigenvalue weighted by Crippen LogP contribution is -2.50. The molecule has 0 aliphatic carbocycles. The van der Waals surface area contributed by atoms with Crippen molar-refractivity contribution in [2.75, 3.05) is 57.4 Å². The predicted octanol–water partition coefficient (Wildman–Crippen LogP) is 1.62. The first-order valence-corrected chi connectivity index (χ1v) is 9.63. The number of hydrogen-bond donors (Lipinski definition) is 0. The molecule has 6 heteroatoms. The van der Waals surface area contributed by atoms with E-state index >= 15 is 0 Å². The van der Waals surface area contributed by atoms with Crippen LogP contribution in [-0.2, 0) is 4.74 Å². The number of ether oxygens (including phenoxy) is 1. The van der Waals surface area contributed by atoms with Crippen molar-refractivity contribution in [2.45, 2.75) is 31.7 Å². The lowest BCUT2D eigenvalue weighted by molar-refractivity contribution is 0.00158. The van der Waals surface area contributed by atoms with Gasteiger partial charge in [-0.25, -0.2) is 4.98 Å². The molecule has 1 aromatic rings. The monoisotopic (exact) mass is 344 g/mol. The Morgan fingerprint density at radius 3 is 2.36 bits per heavy atom. The van der Waals surface area contributed by atoms with Gasteiger partial charge in [-0.05, 0) is 37.8 Å². The van der Waals surface area contributed by atoms with Crippen LogP contribution in [0.4, 0.5) is 5.82 Å². The van der Waals surface area contributed by atoms with Crippen LogP contribution >= 0.6 is 0 Å². The van der Waals surface area contributed by atoms with Gasteiger partial charge in [-0.3, -0.25) is 9.69 Å². The van der Waals surface area contributed by atoms with Gasteiger partial charge in [0, 0.05) is 51.5 Å². The van der Waals surface area contributed by atoms with E-state index in [4.69, 9.17) is 4.74 Å². The fraction of sp³-hybridized carbons (Fsp3) is 0.684. The lowest BCUT2D eigenvalue weighted by Gasteiger charge is -2.40. The van der Waals surface area contributed by atoms with Crippen LogP contribution in [0.25, 0.3) is 0 Å². The molecule has 3 fully saturated rings. The van der Waals surface area contributed by atoms with E-state index in [9.17, 15) is 4.79 Å². The first-order valence-electron chi connectivity index (χ1n) is 9.63. The number of hydrogen-bond acceptors (Lipinski definition) is 5. The quantitative estimate of drug-likeness (QED) is 0.834. The maximum atomic E-state index is 12.8. The second-order valence-corrected chi connectivity index (χ2v) is 7.27. The van der Waals surface area contributed by atoms with E-state index in [1.165, 1.54) is 12.8 Å². The van der Waals surface area contributed by atoms with Crippen LogP contribution in [0.1, 0.15) is 36.0 Å². The molecular formula is C19H28N4O2. The summed E-state index contributed by atoms with van der Waals surface area (Å²) in [5.41, 5.74) is 0.716. The normalized spacial score (nSPS) is 23.2. The van der Waals surface area contributed by atoms with Gasteiger partial charge >= 0.3 is 0 Å². The smallest absolute Gasteiger partial charge is 0.255 e. The topological polar surface area (TPSA) is 48.9 Å². The molecule has 3 aliphatic rings. The zero-order valence-electron chi connectivity index (χ0n) is 14.9. The summed E-state index contributed by atoms with van der Waals surface area (Å²) >= 11 is 0. The fourth-order valence-corrected chi connectivity index (χ4v) is 4.21. The highest BCUT2D eigenvalue weighted by molar-refractivity contribution is 5.94. The number of likely N-dealkylation sites (tertiary alicyclic amines) is 1. The molecule has 136 valence electrons. The standard InChI is InChI=1S/C19H28N4O2/c24-19(16-3-4-18(20-15-16)22-7-1-2-8-22)23-9-5-17(6-10-23)21-11-13-25-14-12-21/h3-4,15,17H,1-2,5-14H2. The third-order valence-electron chi connectivity index (χ3n) is 5.74. The number of piperidine rings is 1. The zero-order valence-corrected chi connectivity index (χ0v) is 14.9. The summed E-state index contributed by atoms with van der Waals surface area (Å²) in [7, 11) is 0. The molecule has 4 heterocycles. The van der Waals surface area contributed by atoms with Gasteiger partial charge in [0.1, 0.15) is 5.82 Å². The van der Waals surface area contributed by atoms with E-state index in [0.717, 1.165) is 71.1 Å². The van der Waals surface area contributed by atoms with Crippen molar-refractivity contribution in [2.24, 2.45) is 0 Å². The second kappa shape index (κ2) is 7.70. The van der Waals surface area contributed by atoms with E-state index < -0.39 is 0 Å². The maximum absolute atomic E-state index is 12.8. The summed E-state index contributed by atoms with van der Waals surface area (Å²) in [6, 6.07) is 4.54. The Morgan fingerprint density at radius 1 is 1.00 bits per heavy atom. The Bertz CT molecular complexity index is 572. The molecule has 0 atom stereocenters. The summed E-state index contributed by atoms with van der Waals surface area (Å²) in [6.45, 7) is 7.58. The van der Waals surface area contributed by atoms with Crippen LogP contribution in [0.2, 0.25) is 0 Å². The minimum Gasteiger partial charge on any atom is -0.379 e. The van der Waals surface area contributed by atoms with Gasteiger partial charge < -0.3 is 14.5 Å². The van der Waals surface area contributed by atoms with Crippen LogP contribution < -0.4 is 4.90 Å². The molecule has 0 N–H and O–H groups in total. The number of morpholine rings is 1. The van der Waals surface area contributed by atoms with Crippen molar-refractivity contribution in [1.29, 1.82) is 0 Å². The average molecular weight is 344 g/mol. The van der Waals surface area contributed by atoms with Gasteiger partial charge in [0.15, 0.2) is 0 Å². The van der Waals surface area contributed by atoms with Crippen molar-refractivity contribution >= 4 is 11.7 Å². The highest BCUT2D eigenvalue weighted by Gasteiger charge is 2.28. The van der Waals surface area contributed by atoms with Gasteiger partial charge in [0.2, 0.25) is 0 Å². The first kappa shape index (κ1) is 16.8. The number of carbonyl (C=O) groups is 1. The van der Waals surface area contributed by atoms with Crippen molar-refractivity contribution in [3.63, 3.8) is 0 Å². The zero-order chi connectivity index (χ0) is 17.1. The molecule has 0 bridgehead atoms. The van der Waals surface area contributed by atoms with E-state index in [2.05, 4.69) is 14.8 Å². The lowest BCUT2D eigenvalue weighted by atomic mass is 10.0. The SMILES string of the molecule is O=C(c1ccc(N2CCCC2)nc1)N1CCC(N2CCOCC2)CC1. The average Bonchev–Trinajstić information content (AvgIpc) is 3.23. The van der Waals surface area contributed by atoms with Gasteiger partial charge in [0.25, 0.3) is 5.91 Å². The van der Waals surface area contributed by atoms with Crippen LogP contribution in [0.15, 0.2) is 18.3 Å². The number of nitrogens with zero attached hydrogens (tertiary/aromatic N) is 4. The number of anilines is 1. The molecule has 0 saturated carbocycles. The number of pyridine rings is 1. The number of aromatic nitrogens is 1. The van der Waals surface area contributed by atoms with Gasteiger partial charge in [-0.15, -0.1) is 0 Å². The Hall–Kier alpha value is -1.66. The number of carbonyl (C=O) groups excluding carboxylic acids is 1. The van der Waals surface area contributed by atoms with Crippen molar-refractivity contribution < 1.29 is 9.53 Å². The van der Waals surface area contributed by atoms with Crippen LogP contribution in [0.5, 0.6) is 0 Å². The molecule has 0 unspecified atom stereocenters. The van der Waals surface area contributed by atoms with Crippen molar-refractivity contribution in [3.05, 3.63) is 23.9 Å². The molecule has 0 aromatic carbocycles. The third kappa shape index (κ3) is 3.80. The number of amides is 1. The van der Waals surface area contributed by atoms with E-state index in [-0.39, 0.29) is 5.91 Å². The van der Waals surface area contributed by atoms with E-state index in [0.29, 0.717) is 11.6 Å². The van der Waals surface area contributed by atoms with Crippen LogP contribution in [0.3, 0.4) is 0 Å². The molecule has 1 aromatic heterocycles. The minimum absolute atomic E-state index is 0.126. The Balaban J connectivity index is 1.32. The minimum atomic E-state index is 0.126. The van der Waals surface area contributed by atoms with Gasteiger partial charge in [-0.1, -0.05) is 0 Å². The van der Waals surface area contributed by atoms with E-state index in [1.807, 2.05) is 17.0 Å². The molecule has 25 heavy (non-hydrogen) atoms. The van der Waals surface area contributed by atoms with Crippen LogP contribution in [0, 0.1) is 0 Å². The highest BCUT2D eigenvalue weighted by Crippen LogP contribution is 2.21. The molecule has 6 nitrogen and oxygen atoms in total. The van der Waals surface area contributed by atoms with Gasteiger partial charge in [-0.2, -0.15) is 0 Å². The van der Waals surface area contributed by atoms with Crippen LogP contribution in [-0.4, -0.2) is 79.2 Å². The third-order valence-corrected chi connectivity index (χ3v) is 5.74. The highest BCUT2D eigenvalue weighted by atomic mass is 16.5. The number of rotatable bonds is 3. The molecule has 4 rings (SSSR count). The maximum Gasteiger partial charge on any atom is 0.255 e. The Labute approximate surface area is 149 Å². The Kier molecular flexibility index (Phi) is 5.17. The first-order chi connectivity index (χ1) is 12.3. The second-order valence-electron chi connectivity index (χ2n) is 7.27. The fourth-order valence-electron chi connectivity index (χ4n) is 4.21. The van der Waals surface area contributed by atoms with E-state index in [1.54, 1.807) is 6.20 Å². The molecule has 3 aliphatic heterocycles. The molecule has 0 spiro atoms.